The Kier molecular flexibility index (Phi) is 8.09. The van der Waals surface area contributed by atoms with Gasteiger partial charge < -0.3 is 4.74 Å². The quantitative estimate of drug-likeness (QED) is 0.245. The molecule has 0 aliphatic heterocycles. The molecule has 0 aliphatic carbocycles. The van der Waals surface area contributed by atoms with Crippen LogP contribution in [0, 0.1) is 10.5 Å². The minimum atomic E-state index is -4.02. The van der Waals surface area contributed by atoms with Gasteiger partial charge in [0.2, 0.25) is 0 Å². The van der Waals surface area contributed by atoms with Gasteiger partial charge in [-0.15, -0.1) is 0 Å². The molecule has 0 heterocycles. The van der Waals surface area contributed by atoms with Crippen LogP contribution < -0.4 is 14.5 Å². The summed E-state index contributed by atoms with van der Waals surface area (Å²) >= 11 is 2.21. The van der Waals surface area contributed by atoms with E-state index in [-0.39, 0.29) is 4.90 Å². The van der Waals surface area contributed by atoms with Crippen molar-refractivity contribution in [2.75, 3.05) is 18.0 Å². The van der Waals surface area contributed by atoms with E-state index >= 15 is 0 Å². The number of anilines is 1. The van der Waals surface area contributed by atoms with E-state index in [1.807, 2.05) is 31.2 Å². The Bertz CT molecular complexity index is 1260. The molecule has 3 aromatic carbocycles. The van der Waals surface area contributed by atoms with Crippen molar-refractivity contribution in [1.29, 1.82) is 0 Å². The molecule has 7 nitrogen and oxygen atoms in total. The van der Waals surface area contributed by atoms with Crippen molar-refractivity contribution in [2.24, 2.45) is 5.10 Å². The first-order chi connectivity index (χ1) is 15.7. The zero-order chi connectivity index (χ0) is 24.0. The molecule has 3 rings (SSSR count). The van der Waals surface area contributed by atoms with E-state index in [0.29, 0.717) is 17.1 Å². The highest BCUT2D eigenvalue weighted by Crippen LogP contribution is 2.27. The molecular formula is C24H24IN3O4S. The summed E-state index contributed by atoms with van der Waals surface area (Å²) < 4.78 is 34.2. The van der Waals surface area contributed by atoms with Crippen molar-refractivity contribution in [3.8, 4) is 5.75 Å². The van der Waals surface area contributed by atoms with Crippen LogP contribution in [0.1, 0.15) is 18.1 Å². The molecule has 0 saturated carbocycles. The van der Waals surface area contributed by atoms with E-state index in [2.05, 4.69) is 33.1 Å². The van der Waals surface area contributed by atoms with Crippen molar-refractivity contribution < 1.29 is 17.9 Å². The number of carbonyl (C=O) groups is 1. The second kappa shape index (κ2) is 10.8. The number of hydrazone groups is 1. The minimum absolute atomic E-state index is 0.0855. The van der Waals surface area contributed by atoms with Crippen LogP contribution in [0.5, 0.6) is 5.75 Å². The normalized spacial score (nSPS) is 11.7. The third kappa shape index (κ3) is 6.32. The van der Waals surface area contributed by atoms with Gasteiger partial charge in [0.25, 0.3) is 15.9 Å². The molecule has 172 valence electrons. The number of methoxy groups -OCH3 is 1. The maximum absolute atomic E-state index is 13.4. The number of carbonyl (C=O) groups excluding carboxylic acids is 1. The number of ether oxygens (including phenoxy) is 1. The van der Waals surface area contributed by atoms with E-state index in [0.717, 1.165) is 19.0 Å². The minimum Gasteiger partial charge on any atom is -0.497 e. The molecule has 33 heavy (non-hydrogen) atoms. The summed E-state index contributed by atoms with van der Waals surface area (Å²) in [5.74, 6) is -0.0945. The summed E-state index contributed by atoms with van der Waals surface area (Å²) in [6.45, 7) is 3.19. The average molecular weight is 577 g/mol. The van der Waals surface area contributed by atoms with Crippen molar-refractivity contribution in [3.63, 3.8) is 0 Å². The van der Waals surface area contributed by atoms with Crippen LogP contribution in [0.3, 0.4) is 0 Å². The Labute approximate surface area is 207 Å². The van der Waals surface area contributed by atoms with Gasteiger partial charge in [0, 0.05) is 9.64 Å². The summed E-state index contributed by atoms with van der Waals surface area (Å²) in [4.78, 5) is 12.8. The van der Waals surface area contributed by atoms with Crippen LogP contribution in [0.15, 0.2) is 82.8 Å². The van der Waals surface area contributed by atoms with Gasteiger partial charge in [0.05, 0.1) is 23.4 Å². The van der Waals surface area contributed by atoms with Gasteiger partial charge in [-0.25, -0.2) is 13.8 Å². The monoisotopic (exact) mass is 577 g/mol. The van der Waals surface area contributed by atoms with Gasteiger partial charge >= 0.3 is 0 Å². The highest BCUT2D eigenvalue weighted by Gasteiger charge is 2.27. The predicted octanol–water partition coefficient (Wildman–Crippen LogP) is 4.34. The smallest absolute Gasteiger partial charge is 0.264 e. The molecule has 3 aromatic rings. The van der Waals surface area contributed by atoms with Crippen LogP contribution in [-0.4, -0.2) is 33.7 Å². The standard InChI is InChI=1S/C24H24IN3O4S/c1-17-7-13-23(14-8-17)33(30,31)28(21-5-4-6-22(15-21)32-3)16-24(29)27-26-18(2)19-9-11-20(25)12-10-19/h4-15H,16H2,1-3H3,(H,27,29)/b26-18-. The number of aryl methyl sites for hydroxylation is 1. The maximum atomic E-state index is 13.4. The average Bonchev–Trinajstić information content (AvgIpc) is 2.81. The van der Waals surface area contributed by atoms with E-state index in [9.17, 15) is 13.2 Å². The lowest BCUT2D eigenvalue weighted by atomic mass is 10.1. The molecule has 1 N–H and O–H groups in total. The highest BCUT2D eigenvalue weighted by atomic mass is 127. The summed E-state index contributed by atoms with van der Waals surface area (Å²) in [5.41, 5.74) is 5.17. The molecule has 0 atom stereocenters. The highest BCUT2D eigenvalue weighted by molar-refractivity contribution is 14.1. The van der Waals surface area contributed by atoms with Gasteiger partial charge in [-0.2, -0.15) is 5.10 Å². The van der Waals surface area contributed by atoms with Gasteiger partial charge in [-0.05, 0) is 78.4 Å². The molecule has 0 radical (unpaired) electrons. The molecule has 0 spiro atoms. The van der Waals surface area contributed by atoms with Crippen molar-refractivity contribution >= 4 is 49.9 Å². The molecule has 0 bridgehead atoms. The fraction of sp³-hybridized carbons (Fsp3) is 0.167. The second-order valence-corrected chi connectivity index (χ2v) is 10.4. The van der Waals surface area contributed by atoms with E-state index < -0.39 is 22.5 Å². The lowest BCUT2D eigenvalue weighted by Gasteiger charge is -2.24. The largest absolute Gasteiger partial charge is 0.497 e. The summed E-state index contributed by atoms with van der Waals surface area (Å²) in [7, 11) is -2.53. The molecule has 0 fully saturated rings. The topological polar surface area (TPSA) is 88.1 Å². The van der Waals surface area contributed by atoms with E-state index in [4.69, 9.17) is 4.74 Å². The number of halogens is 1. The fourth-order valence-electron chi connectivity index (χ4n) is 2.99. The Morgan fingerprint density at radius 1 is 1.06 bits per heavy atom. The Hall–Kier alpha value is -2.92. The zero-order valence-corrected chi connectivity index (χ0v) is 21.4. The lowest BCUT2D eigenvalue weighted by Crippen LogP contribution is -2.39. The Morgan fingerprint density at radius 3 is 2.36 bits per heavy atom. The Balaban J connectivity index is 1.89. The van der Waals surface area contributed by atoms with Crippen molar-refractivity contribution in [1.82, 2.24) is 5.43 Å². The number of nitrogens with zero attached hydrogens (tertiary/aromatic N) is 2. The molecule has 0 unspecified atom stereocenters. The summed E-state index contributed by atoms with van der Waals surface area (Å²) in [6.07, 6.45) is 0. The lowest BCUT2D eigenvalue weighted by molar-refractivity contribution is -0.119. The van der Waals surface area contributed by atoms with E-state index in [1.165, 1.54) is 19.2 Å². The molecule has 0 aromatic heterocycles. The summed E-state index contributed by atoms with van der Waals surface area (Å²) in [5, 5.41) is 4.14. The third-order valence-electron chi connectivity index (χ3n) is 4.85. The van der Waals surface area contributed by atoms with Crippen LogP contribution in [0.2, 0.25) is 0 Å². The first-order valence-corrected chi connectivity index (χ1v) is 12.5. The maximum Gasteiger partial charge on any atom is 0.264 e. The van der Waals surface area contributed by atoms with Crippen LogP contribution >= 0.6 is 22.6 Å². The number of benzene rings is 3. The zero-order valence-electron chi connectivity index (χ0n) is 18.4. The second-order valence-electron chi connectivity index (χ2n) is 7.27. The number of hydrogen-bond donors (Lipinski definition) is 1. The molecule has 0 saturated heterocycles. The molecule has 9 heteroatoms. The Morgan fingerprint density at radius 2 is 1.73 bits per heavy atom. The number of sulfonamides is 1. The van der Waals surface area contributed by atoms with Gasteiger partial charge in [0.1, 0.15) is 12.3 Å². The van der Waals surface area contributed by atoms with Gasteiger partial charge in [-0.1, -0.05) is 35.9 Å². The SMILES string of the molecule is COc1cccc(N(CC(=O)N/N=C(/C)c2ccc(I)cc2)S(=O)(=O)c2ccc(C)cc2)c1. The predicted molar refractivity (Wildman–Crippen MR) is 138 cm³/mol. The number of hydrogen-bond acceptors (Lipinski definition) is 5. The van der Waals surface area contributed by atoms with Gasteiger partial charge in [0.15, 0.2) is 0 Å². The van der Waals surface area contributed by atoms with Crippen LogP contribution in [-0.2, 0) is 14.8 Å². The number of rotatable bonds is 8. The van der Waals surface area contributed by atoms with Crippen LogP contribution in [0.25, 0.3) is 0 Å². The van der Waals surface area contributed by atoms with Gasteiger partial charge in [-0.3, -0.25) is 9.10 Å². The van der Waals surface area contributed by atoms with Crippen LogP contribution in [0.4, 0.5) is 5.69 Å². The number of amides is 1. The van der Waals surface area contributed by atoms with Crippen molar-refractivity contribution in [2.45, 2.75) is 18.7 Å². The number of nitrogens with one attached hydrogen (secondary N) is 1. The first kappa shape index (κ1) is 24.7. The van der Waals surface area contributed by atoms with E-state index in [1.54, 1.807) is 43.3 Å². The molecule has 1 amide bonds. The fourth-order valence-corrected chi connectivity index (χ4v) is 4.76. The molecule has 0 aliphatic rings. The summed E-state index contributed by atoms with van der Waals surface area (Å²) in [6, 6.07) is 20.7. The third-order valence-corrected chi connectivity index (χ3v) is 7.36. The first-order valence-electron chi connectivity index (χ1n) is 10.0. The molecular weight excluding hydrogens is 553 g/mol. The van der Waals surface area contributed by atoms with Crippen molar-refractivity contribution in [3.05, 3.63) is 87.5 Å².